The van der Waals surface area contributed by atoms with Crippen molar-refractivity contribution < 1.29 is 9.47 Å². The fraction of sp³-hybridized carbons (Fsp3) is 0.500. The van der Waals surface area contributed by atoms with Crippen molar-refractivity contribution in [3.63, 3.8) is 0 Å². The summed E-state index contributed by atoms with van der Waals surface area (Å²) in [5.41, 5.74) is 1.21. The Labute approximate surface area is 120 Å². The van der Waals surface area contributed by atoms with Gasteiger partial charge in [-0.05, 0) is 28.5 Å². The van der Waals surface area contributed by atoms with E-state index >= 15 is 0 Å². The van der Waals surface area contributed by atoms with E-state index in [9.17, 15) is 0 Å². The molecule has 0 N–H and O–H groups in total. The number of rotatable bonds is 2. The maximum atomic E-state index is 8.85. The molecule has 0 fully saturated rings. The molecule has 106 valence electrons. The molecule has 0 aliphatic rings. The molecule has 4 heteroatoms. The lowest BCUT2D eigenvalue weighted by molar-refractivity contribution is 0.434. The average molecular weight is 272 g/mol. The van der Waals surface area contributed by atoms with Gasteiger partial charge in [-0.25, -0.2) is 0 Å². The fourth-order valence-electron chi connectivity index (χ4n) is 2.02. The molecular formula is C16H20N2O2. The summed E-state index contributed by atoms with van der Waals surface area (Å²) in [5, 5.41) is 17.7. The summed E-state index contributed by atoms with van der Waals surface area (Å²) >= 11 is 0. The Hall–Kier alpha value is -2.20. The molecular weight excluding hydrogens is 252 g/mol. The molecule has 0 heterocycles. The van der Waals surface area contributed by atoms with Crippen molar-refractivity contribution in [1.82, 2.24) is 0 Å². The van der Waals surface area contributed by atoms with Gasteiger partial charge in [-0.15, -0.1) is 10.5 Å². The first-order valence-electron chi connectivity index (χ1n) is 6.42. The zero-order valence-corrected chi connectivity index (χ0v) is 12.9. The Bertz CT molecular complexity index is 541. The molecule has 0 saturated heterocycles. The van der Waals surface area contributed by atoms with E-state index in [2.05, 4.69) is 0 Å². The SMILES string of the molecule is CC(C)(C)c1cc(OC#N)c(C(C)(C)C)c(OC#N)c1. The van der Waals surface area contributed by atoms with E-state index in [0.717, 1.165) is 5.56 Å². The largest absolute Gasteiger partial charge is 0.388 e. The Morgan fingerprint density at radius 1 is 0.800 bits per heavy atom. The molecule has 0 saturated carbocycles. The van der Waals surface area contributed by atoms with Gasteiger partial charge < -0.3 is 9.47 Å². The van der Waals surface area contributed by atoms with E-state index < -0.39 is 0 Å². The Morgan fingerprint density at radius 3 is 1.45 bits per heavy atom. The summed E-state index contributed by atoms with van der Waals surface area (Å²) in [6.07, 6.45) is 3.41. The first-order valence-corrected chi connectivity index (χ1v) is 6.42. The summed E-state index contributed by atoms with van der Waals surface area (Å²) in [4.78, 5) is 0. The highest BCUT2D eigenvalue weighted by Crippen LogP contribution is 2.42. The van der Waals surface area contributed by atoms with Crippen LogP contribution in [-0.2, 0) is 10.8 Å². The van der Waals surface area contributed by atoms with Crippen LogP contribution in [0.4, 0.5) is 0 Å². The molecule has 1 aromatic carbocycles. The summed E-state index contributed by atoms with van der Waals surface area (Å²) in [6.45, 7) is 12.1. The predicted octanol–water partition coefficient (Wildman–Crippen LogP) is 4.00. The van der Waals surface area contributed by atoms with Crippen LogP contribution in [-0.4, -0.2) is 0 Å². The highest BCUT2D eigenvalue weighted by Gasteiger charge is 2.28. The van der Waals surface area contributed by atoms with Crippen molar-refractivity contribution in [3.8, 4) is 24.0 Å². The van der Waals surface area contributed by atoms with Crippen LogP contribution in [0.5, 0.6) is 11.5 Å². The van der Waals surface area contributed by atoms with Crippen LogP contribution in [0, 0.1) is 23.0 Å². The van der Waals surface area contributed by atoms with E-state index in [-0.39, 0.29) is 10.8 Å². The fourth-order valence-corrected chi connectivity index (χ4v) is 2.02. The number of hydrogen-bond donors (Lipinski definition) is 0. The lowest BCUT2D eigenvalue weighted by Gasteiger charge is -2.27. The van der Waals surface area contributed by atoms with Gasteiger partial charge in [0.15, 0.2) is 0 Å². The van der Waals surface area contributed by atoms with Gasteiger partial charge in [0.1, 0.15) is 11.5 Å². The third-order valence-electron chi connectivity index (χ3n) is 2.99. The molecule has 0 aromatic heterocycles. The van der Waals surface area contributed by atoms with Crippen LogP contribution >= 0.6 is 0 Å². The van der Waals surface area contributed by atoms with Crippen LogP contribution in [0.2, 0.25) is 0 Å². The molecule has 0 atom stereocenters. The maximum absolute atomic E-state index is 8.85. The van der Waals surface area contributed by atoms with E-state index in [1.165, 1.54) is 0 Å². The monoisotopic (exact) mass is 272 g/mol. The minimum atomic E-state index is -0.311. The molecule has 0 aliphatic carbocycles. The third kappa shape index (κ3) is 3.42. The van der Waals surface area contributed by atoms with Crippen molar-refractivity contribution in [3.05, 3.63) is 23.3 Å². The zero-order valence-electron chi connectivity index (χ0n) is 12.9. The molecule has 1 rings (SSSR count). The average Bonchev–Trinajstić information content (AvgIpc) is 2.26. The van der Waals surface area contributed by atoms with Crippen LogP contribution in [0.1, 0.15) is 52.7 Å². The predicted molar refractivity (Wildman–Crippen MR) is 76.3 cm³/mol. The second-order valence-electron chi connectivity index (χ2n) is 6.73. The van der Waals surface area contributed by atoms with E-state index in [0.29, 0.717) is 17.1 Å². The molecule has 1 aromatic rings. The summed E-state index contributed by atoms with van der Waals surface area (Å²) in [6, 6.07) is 3.68. The van der Waals surface area contributed by atoms with Crippen LogP contribution in [0.3, 0.4) is 0 Å². The maximum Gasteiger partial charge on any atom is 0.292 e. The second-order valence-corrected chi connectivity index (χ2v) is 6.73. The Morgan fingerprint density at radius 2 is 1.20 bits per heavy atom. The lowest BCUT2D eigenvalue weighted by atomic mass is 9.81. The molecule has 0 radical (unpaired) electrons. The summed E-state index contributed by atoms with van der Waals surface area (Å²) < 4.78 is 10.2. The number of benzene rings is 1. The van der Waals surface area contributed by atoms with E-state index in [1.54, 1.807) is 12.5 Å². The van der Waals surface area contributed by atoms with Crippen LogP contribution in [0.25, 0.3) is 0 Å². The Balaban J connectivity index is 3.65. The highest BCUT2D eigenvalue weighted by atomic mass is 16.5. The number of nitriles is 2. The molecule has 20 heavy (non-hydrogen) atoms. The zero-order chi connectivity index (χ0) is 15.6. The second kappa shape index (κ2) is 5.43. The third-order valence-corrected chi connectivity index (χ3v) is 2.99. The minimum absolute atomic E-state index is 0.141. The molecule has 0 spiro atoms. The number of hydrogen-bond acceptors (Lipinski definition) is 4. The van der Waals surface area contributed by atoms with Gasteiger partial charge in [-0.3, -0.25) is 0 Å². The topological polar surface area (TPSA) is 66.0 Å². The summed E-state index contributed by atoms with van der Waals surface area (Å²) in [7, 11) is 0. The lowest BCUT2D eigenvalue weighted by Crippen LogP contribution is -2.17. The van der Waals surface area contributed by atoms with Gasteiger partial charge in [-0.2, -0.15) is 0 Å². The highest BCUT2D eigenvalue weighted by molar-refractivity contribution is 5.53. The van der Waals surface area contributed by atoms with Gasteiger partial charge >= 0.3 is 0 Å². The van der Waals surface area contributed by atoms with Crippen molar-refractivity contribution >= 4 is 0 Å². The molecule has 0 bridgehead atoms. The normalized spacial score (nSPS) is 11.4. The molecule has 4 nitrogen and oxygen atoms in total. The van der Waals surface area contributed by atoms with Crippen LogP contribution in [0.15, 0.2) is 12.1 Å². The summed E-state index contributed by atoms with van der Waals surface area (Å²) in [5.74, 6) is 0.885. The first-order chi connectivity index (χ1) is 9.11. The van der Waals surface area contributed by atoms with Gasteiger partial charge in [0.05, 0.1) is 0 Å². The van der Waals surface area contributed by atoms with Crippen molar-refractivity contribution in [2.45, 2.75) is 52.4 Å². The molecule has 0 unspecified atom stereocenters. The Kier molecular flexibility index (Phi) is 4.30. The van der Waals surface area contributed by atoms with Gasteiger partial charge in [0, 0.05) is 5.56 Å². The van der Waals surface area contributed by atoms with Crippen LogP contribution < -0.4 is 9.47 Å². The van der Waals surface area contributed by atoms with Crippen molar-refractivity contribution in [1.29, 1.82) is 10.5 Å². The van der Waals surface area contributed by atoms with E-state index in [1.807, 2.05) is 53.7 Å². The smallest absolute Gasteiger partial charge is 0.292 e. The molecule has 0 amide bonds. The van der Waals surface area contributed by atoms with Gasteiger partial charge in [0.25, 0.3) is 12.5 Å². The van der Waals surface area contributed by atoms with Gasteiger partial charge in [0.2, 0.25) is 0 Å². The number of ether oxygens (including phenoxy) is 2. The standard InChI is InChI=1S/C16H20N2O2/c1-15(2,3)11-7-12(19-9-17)14(16(4,5)6)13(8-11)20-10-18/h7-8H,1-6H3. The number of nitrogens with zero attached hydrogens (tertiary/aromatic N) is 2. The van der Waals surface area contributed by atoms with Crippen molar-refractivity contribution in [2.75, 3.05) is 0 Å². The van der Waals surface area contributed by atoms with E-state index in [4.69, 9.17) is 20.0 Å². The van der Waals surface area contributed by atoms with Gasteiger partial charge in [-0.1, -0.05) is 41.5 Å². The first kappa shape index (κ1) is 15.9. The molecule has 0 aliphatic heterocycles. The minimum Gasteiger partial charge on any atom is -0.388 e. The quantitative estimate of drug-likeness (QED) is 0.763. The van der Waals surface area contributed by atoms with Crippen molar-refractivity contribution in [2.24, 2.45) is 0 Å².